The third-order valence-corrected chi connectivity index (χ3v) is 3.69. The number of Topliss-reactive ketones (excluding diaryl/α,β-unsaturated/α-hetero) is 1. The summed E-state index contributed by atoms with van der Waals surface area (Å²) in [5.41, 5.74) is 6.74. The van der Waals surface area contributed by atoms with Crippen molar-refractivity contribution in [1.29, 1.82) is 0 Å². The van der Waals surface area contributed by atoms with Gasteiger partial charge < -0.3 is 5.73 Å². The first-order chi connectivity index (χ1) is 9.06. The lowest BCUT2D eigenvalue weighted by Gasteiger charge is -1.99. The first kappa shape index (κ1) is 13.2. The highest BCUT2D eigenvalue weighted by atomic mass is 32.1. The lowest BCUT2D eigenvalue weighted by Crippen LogP contribution is -2.04. The Labute approximate surface area is 115 Å². The fourth-order valence-corrected chi connectivity index (χ4v) is 2.56. The van der Waals surface area contributed by atoms with Crippen LogP contribution in [0.15, 0.2) is 42.5 Å². The summed E-state index contributed by atoms with van der Waals surface area (Å²) in [4.78, 5) is 24.0. The molecular weight excluding hydrogens is 258 g/mol. The SMILES string of the molecule is CC(=O)c1cccc(-c2ccc(/C=C\C(N)=O)s2)c1. The summed E-state index contributed by atoms with van der Waals surface area (Å²) in [6.45, 7) is 1.55. The summed E-state index contributed by atoms with van der Waals surface area (Å²) in [5, 5.41) is 0. The average Bonchev–Trinajstić information content (AvgIpc) is 2.85. The molecule has 2 N–H and O–H groups in total. The molecule has 2 aromatic rings. The van der Waals surface area contributed by atoms with Gasteiger partial charge in [0.15, 0.2) is 5.78 Å². The van der Waals surface area contributed by atoms with Gasteiger partial charge in [0, 0.05) is 21.4 Å². The predicted molar refractivity (Wildman–Crippen MR) is 78.0 cm³/mol. The topological polar surface area (TPSA) is 60.2 Å². The molecule has 2 rings (SSSR count). The molecule has 96 valence electrons. The molecule has 0 atom stereocenters. The zero-order valence-electron chi connectivity index (χ0n) is 10.4. The van der Waals surface area contributed by atoms with Crippen LogP contribution in [0.3, 0.4) is 0 Å². The molecule has 19 heavy (non-hydrogen) atoms. The Hall–Kier alpha value is -2.20. The molecule has 0 fully saturated rings. The van der Waals surface area contributed by atoms with Gasteiger partial charge >= 0.3 is 0 Å². The molecule has 0 saturated heterocycles. The highest BCUT2D eigenvalue weighted by Crippen LogP contribution is 2.29. The number of carbonyl (C=O) groups is 2. The molecule has 0 aliphatic heterocycles. The van der Waals surface area contributed by atoms with E-state index in [0.29, 0.717) is 5.56 Å². The zero-order valence-corrected chi connectivity index (χ0v) is 11.2. The zero-order chi connectivity index (χ0) is 13.8. The number of nitrogens with two attached hydrogens (primary N) is 1. The number of rotatable bonds is 4. The van der Waals surface area contributed by atoms with Crippen LogP contribution in [0.25, 0.3) is 16.5 Å². The summed E-state index contributed by atoms with van der Waals surface area (Å²) in [5.74, 6) is -0.416. The van der Waals surface area contributed by atoms with Gasteiger partial charge in [0.25, 0.3) is 0 Å². The third kappa shape index (κ3) is 3.39. The lowest BCUT2D eigenvalue weighted by molar-refractivity contribution is -0.113. The second-order valence-electron chi connectivity index (χ2n) is 4.07. The number of carbonyl (C=O) groups excluding carboxylic acids is 2. The third-order valence-electron chi connectivity index (χ3n) is 2.59. The molecule has 0 saturated carbocycles. The van der Waals surface area contributed by atoms with Gasteiger partial charge in [-0.3, -0.25) is 9.59 Å². The quantitative estimate of drug-likeness (QED) is 0.686. The molecule has 3 nitrogen and oxygen atoms in total. The van der Waals surface area contributed by atoms with Gasteiger partial charge in [-0.2, -0.15) is 0 Å². The molecule has 0 aliphatic rings. The summed E-state index contributed by atoms with van der Waals surface area (Å²) >= 11 is 1.54. The van der Waals surface area contributed by atoms with Crippen molar-refractivity contribution in [2.24, 2.45) is 5.73 Å². The number of benzene rings is 1. The smallest absolute Gasteiger partial charge is 0.241 e. The van der Waals surface area contributed by atoms with E-state index in [1.54, 1.807) is 30.4 Å². The Bertz CT molecular complexity index is 656. The first-order valence-electron chi connectivity index (χ1n) is 5.75. The normalized spacial score (nSPS) is 10.8. The van der Waals surface area contributed by atoms with Crippen LogP contribution in [0.1, 0.15) is 22.2 Å². The summed E-state index contributed by atoms with van der Waals surface area (Å²) in [6.07, 6.45) is 3.02. The molecule has 1 aromatic heterocycles. The Morgan fingerprint density at radius 1 is 1.21 bits per heavy atom. The van der Waals surface area contributed by atoms with E-state index in [9.17, 15) is 9.59 Å². The van der Waals surface area contributed by atoms with E-state index in [0.717, 1.165) is 15.3 Å². The molecule has 0 radical (unpaired) electrons. The number of hydrogen-bond acceptors (Lipinski definition) is 3. The van der Waals surface area contributed by atoms with Crippen molar-refractivity contribution in [3.8, 4) is 10.4 Å². The van der Waals surface area contributed by atoms with Crippen LogP contribution < -0.4 is 5.73 Å². The molecule has 1 heterocycles. The molecule has 0 aliphatic carbocycles. The van der Waals surface area contributed by atoms with Crippen molar-refractivity contribution in [3.63, 3.8) is 0 Å². The maximum Gasteiger partial charge on any atom is 0.241 e. The molecule has 0 unspecified atom stereocenters. The largest absolute Gasteiger partial charge is 0.366 e. The van der Waals surface area contributed by atoms with Gasteiger partial charge in [-0.25, -0.2) is 0 Å². The molecule has 1 aromatic carbocycles. The average molecular weight is 271 g/mol. The second kappa shape index (κ2) is 5.63. The first-order valence-corrected chi connectivity index (χ1v) is 6.56. The van der Waals surface area contributed by atoms with Crippen molar-refractivity contribution < 1.29 is 9.59 Å². The molecule has 0 spiro atoms. The predicted octanol–water partition coefficient (Wildman–Crippen LogP) is 3.12. The van der Waals surface area contributed by atoms with E-state index in [1.807, 2.05) is 30.3 Å². The Kier molecular flexibility index (Phi) is 3.92. The van der Waals surface area contributed by atoms with Crippen LogP contribution in [-0.2, 0) is 4.79 Å². The van der Waals surface area contributed by atoms with Crippen molar-refractivity contribution in [2.75, 3.05) is 0 Å². The van der Waals surface area contributed by atoms with Gasteiger partial charge in [-0.05, 0) is 36.8 Å². The van der Waals surface area contributed by atoms with Crippen molar-refractivity contribution in [1.82, 2.24) is 0 Å². The minimum Gasteiger partial charge on any atom is -0.366 e. The molecule has 1 amide bonds. The van der Waals surface area contributed by atoms with Gasteiger partial charge in [-0.15, -0.1) is 11.3 Å². The van der Waals surface area contributed by atoms with E-state index in [2.05, 4.69) is 0 Å². The maximum absolute atomic E-state index is 11.4. The lowest BCUT2D eigenvalue weighted by atomic mass is 10.1. The number of ketones is 1. The van der Waals surface area contributed by atoms with Crippen LogP contribution in [0.4, 0.5) is 0 Å². The van der Waals surface area contributed by atoms with Gasteiger partial charge in [-0.1, -0.05) is 18.2 Å². The van der Waals surface area contributed by atoms with Crippen LogP contribution in [0, 0.1) is 0 Å². The minimum absolute atomic E-state index is 0.0484. The fourth-order valence-electron chi connectivity index (χ4n) is 1.65. The van der Waals surface area contributed by atoms with E-state index < -0.39 is 5.91 Å². The molecular formula is C15H13NO2S. The Morgan fingerprint density at radius 2 is 2.00 bits per heavy atom. The van der Waals surface area contributed by atoms with Crippen LogP contribution in [0.5, 0.6) is 0 Å². The minimum atomic E-state index is -0.464. The Morgan fingerprint density at radius 3 is 2.68 bits per heavy atom. The summed E-state index contributed by atoms with van der Waals surface area (Å²) < 4.78 is 0. The monoisotopic (exact) mass is 271 g/mol. The fraction of sp³-hybridized carbons (Fsp3) is 0.0667. The molecule has 0 bridgehead atoms. The number of hydrogen-bond donors (Lipinski definition) is 1. The van der Waals surface area contributed by atoms with Crippen LogP contribution >= 0.6 is 11.3 Å². The second-order valence-corrected chi connectivity index (χ2v) is 5.19. The van der Waals surface area contributed by atoms with E-state index >= 15 is 0 Å². The maximum atomic E-state index is 11.4. The number of thiophene rings is 1. The van der Waals surface area contributed by atoms with Crippen molar-refractivity contribution >= 4 is 29.1 Å². The number of primary amides is 1. The Balaban J connectivity index is 2.30. The van der Waals surface area contributed by atoms with Crippen LogP contribution in [0.2, 0.25) is 0 Å². The molecule has 4 heteroatoms. The standard InChI is InChI=1S/C15H13NO2S/c1-10(17)11-3-2-4-12(9-11)14-7-5-13(19-14)6-8-15(16)18/h2-9H,1H3,(H2,16,18)/b8-6-. The van der Waals surface area contributed by atoms with Crippen molar-refractivity contribution in [2.45, 2.75) is 6.92 Å². The van der Waals surface area contributed by atoms with Gasteiger partial charge in [0.1, 0.15) is 0 Å². The van der Waals surface area contributed by atoms with E-state index in [1.165, 1.54) is 6.08 Å². The van der Waals surface area contributed by atoms with E-state index in [-0.39, 0.29) is 5.78 Å². The van der Waals surface area contributed by atoms with Gasteiger partial charge in [0.05, 0.1) is 0 Å². The summed E-state index contributed by atoms with van der Waals surface area (Å²) in [7, 11) is 0. The van der Waals surface area contributed by atoms with Gasteiger partial charge in [0.2, 0.25) is 5.91 Å². The highest BCUT2D eigenvalue weighted by Gasteiger charge is 2.04. The highest BCUT2D eigenvalue weighted by molar-refractivity contribution is 7.16. The van der Waals surface area contributed by atoms with Crippen molar-refractivity contribution in [3.05, 3.63) is 52.9 Å². The number of amides is 1. The summed E-state index contributed by atoms with van der Waals surface area (Å²) in [6, 6.07) is 11.4. The van der Waals surface area contributed by atoms with E-state index in [4.69, 9.17) is 5.73 Å². The van der Waals surface area contributed by atoms with Crippen LogP contribution in [-0.4, -0.2) is 11.7 Å².